The molecule has 4 aromatic carbocycles. The highest BCUT2D eigenvalue weighted by Gasteiger charge is 2.32. The number of nitrogens with zero attached hydrogens (tertiary/aromatic N) is 2. The van der Waals surface area contributed by atoms with Crippen molar-refractivity contribution < 1.29 is 58.2 Å². The van der Waals surface area contributed by atoms with Crippen molar-refractivity contribution in [2.45, 2.75) is 198 Å². The van der Waals surface area contributed by atoms with Crippen LogP contribution in [0.5, 0.6) is 0 Å². The molecule has 0 N–H and O–H groups in total. The zero-order valence-electron chi connectivity index (χ0n) is 50.0. The van der Waals surface area contributed by atoms with Gasteiger partial charge in [0.25, 0.3) is 0 Å². The molecule has 0 amide bonds. The van der Waals surface area contributed by atoms with Crippen LogP contribution in [0.1, 0.15) is 220 Å². The summed E-state index contributed by atoms with van der Waals surface area (Å²) >= 11 is 0. The van der Waals surface area contributed by atoms with Gasteiger partial charge in [0.2, 0.25) is 0 Å². The van der Waals surface area contributed by atoms with Gasteiger partial charge in [0.1, 0.15) is 24.4 Å². The summed E-state index contributed by atoms with van der Waals surface area (Å²) in [5, 5.41) is 0. The summed E-state index contributed by atoms with van der Waals surface area (Å²) in [4.78, 5) is 69.8. The molecule has 85 heavy (non-hydrogen) atoms. The minimum Gasteiger partial charge on any atom is -0.469 e. The van der Waals surface area contributed by atoms with E-state index in [0.29, 0.717) is 25.0 Å². The number of likely N-dealkylation sites (N-methyl/N-ethyl adjacent to an activating group) is 1. The maximum Gasteiger partial charge on any atom is 0.307 e. The topological polar surface area (TPSA) is 133 Å². The van der Waals surface area contributed by atoms with E-state index in [2.05, 4.69) is 127 Å². The van der Waals surface area contributed by atoms with E-state index in [9.17, 15) is 9.59 Å². The molecular weight excluding hydrogens is 1070 g/mol. The van der Waals surface area contributed by atoms with Gasteiger partial charge in [-0.15, -0.1) is 0 Å². The van der Waals surface area contributed by atoms with Gasteiger partial charge >= 0.3 is 11.9 Å². The number of methoxy groups -OCH3 is 2. The van der Waals surface area contributed by atoms with Crippen molar-refractivity contribution in [1.82, 2.24) is 9.80 Å². The fourth-order valence-corrected chi connectivity index (χ4v) is 7.16. The van der Waals surface area contributed by atoms with Gasteiger partial charge in [-0.2, -0.15) is 0 Å². The summed E-state index contributed by atoms with van der Waals surface area (Å²) in [7, 11) is 10.9. The van der Waals surface area contributed by atoms with E-state index in [-0.39, 0.29) is 133 Å². The van der Waals surface area contributed by atoms with Crippen LogP contribution >= 0.6 is 0 Å². The number of ether oxygens (including phenoxy) is 2. The van der Waals surface area contributed by atoms with E-state index in [0.717, 1.165) is 56.3 Å². The van der Waals surface area contributed by atoms with Crippen molar-refractivity contribution >= 4 is 11.9 Å². The Morgan fingerprint density at radius 3 is 0.976 bits per heavy atom. The van der Waals surface area contributed by atoms with E-state index in [4.69, 9.17) is 39.1 Å². The van der Waals surface area contributed by atoms with E-state index in [1.807, 2.05) is 111 Å². The fourth-order valence-electron chi connectivity index (χ4n) is 7.16. The van der Waals surface area contributed by atoms with Crippen LogP contribution < -0.4 is 0 Å². The molecule has 0 saturated heterocycles. The van der Waals surface area contributed by atoms with Gasteiger partial charge < -0.3 is 19.3 Å². The van der Waals surface area contributed by atoms with E-state index < -0.39 is 0 Å². The van der Waals surface area contributed by atoms with Crippen LogP contribution in [0.15, 0.2) is 121 Å². The SMILES string of the molecule is C.C.C.C.C.C.C.C.CCC(C)(C)C(OOCCC(=O)OC)c1ccccc1.CCC(C)(C)C(OOCCCN(C)C)c1ccccc1.CCC(C)C(OOCCC(=O)OC)c1ccccc1.CCC(C)C(OOCCN(C)C)c1ccccc1. The third kappa shape index (κ3) is 42.0. The van der Waals surface area contributed by atoms with Crippen molar-refractivity contribution in [1.29, 1.82) is 0 Å². The van der Waals surface area contributed by atoms with Crippen LogP contribution in [0, 0.1) is 22.7 Å². The largest absolute Gasteiger partial charge is 0.469 e. The second-order valence-corrected chi connectivity index (χ2v) is 21.0. The first-order valence-corrected chi connectivity index (χ1v) is 27.6. The molecule has 0 aliphatic carbocycles. The molecule has 6 atom stereocenters. The number of carbonyl (C=O) groups excluding carboxylic acids is 2. The van der Waals surface area contributed by atoms with Crippen molar-refractivity contribution in [3.05, 3.63) is 144 Å². The Kier molecular flexibility index (Phi) is 65.1. The lowest BCUT2D eigenvalue weighted by atomic mass is 9.80. The molecule has 0 saturated carbocycles. The highest BCUT2D eigenvalue weighted by atomic mass is 17.2. The third-order valence-electron chi connectivity index (χ3n) is 13.4. The maximum absolute atomic E-state index is 11.0. The molecule has 0 aromatic heterocycles. The van der Waals surface area contributed by atoms with Crippen LogP contribution in [0.3, 0.4) is 0 Å². The summed E-state index contributed by atoms with van der Waals surface area (Å²) < 4.78 is 9.09. The van der Waals surface area contributed by atoms with Crippen molar-refractivity contribution in [3.8, 4) is 0 Å². The average Bonchev–Trinajstić information content (AvgIpc) is 3.45. The summed E-state index contributed by atoms with van der Waals surface area (Å²) in [6, 6.07) is 40.5. The summed E-state index contributed by atoms with van der Waals surface area (Å²) in [6.45, 7) is 25.1. The first kappa shape index (κ1) is 96.7. The second kappa shape index (κ2) is 57.2. The Hall–Kier alpha value is -4.58. The monoisotopic (exact) mass is 1200 g/mol. The molecule has 4 rings (SSSR count). The highest BCUT2D eigenvalue weighted by molar-refractivity contribution is 5.69. The predicted molar refractivity (Wildman–Crippen MR) is 361 cm³/mol. The van der Waals surface area contributed by atoms with Gasteiger partial charge in [0.15, 0.2) is 0 Å². The summed E-state index contributed by atoms with van der Waals surface area (Å²) in [5.41, 5.74) is 4.48. The molecule has 0 aliphatic rings. The molecule has 0 radical (unpaired) electrons. The van der Waals surface area contributed by atoms with Gasteiger partial charge in [-0.05, 0) is 98.9 Å². The van der Waals surface area contributed by atoms with Gasteiger partial charge in [0.05, 0.1) is 53.5 Å². The fraction of sp³-hybridized carbons (Fsp3) is 0.634. The van der Waals surface area contributed by atoms with Gasteiger partial charge in [0, 0.05) is 6.54 Å². The average molecular weight is 1210 g/mol. The molecule has 0 bridgehead atoms. The normalized spacial score (nSPS) is 12.5. The van der Waals surface area contributed by atoms with E-state index in [1.54, 1.807) is 0 Å². The first-order valence-electron chi connectivity index (χ1n) is 27.6. The molecule has 4 aromatic rings. The quantitative estimate of drug-likeness (QED) is 0.0194. The Balaban J connectivity index is -0.000000150. The molecular formula is C71H132N2O12. The Morgan fingerprint density at radius 1 is 0.412 bits per heavy atom. The number of benzene rings is 4. The lowest BCUT2D eigenvalue weighted by Crippen LogP contribution is -2.24. The summed E-state index contributed by atoms with van der Waals surface area (Å²) in [6.07, 6.45) is 5.07. The number of carbonyl (C=O) groups is 2. The van der Waals surface area contributed by atoms with Crippen LogP contribution in [0.25, 0.3) is 0 Å². The first-order chi connectivity index (χ1) is 36.8. The smallest absolute Gasteiger partial charge is 0.307 e. The molecule has 0 heterocycles. The highest BCUT2D eigenvalue weighted by Crippen LogP contribution is 2.40. The zero-order chi connectivity index (χ0) is 57.5. The van der Waals surface area contributed by atoms with Crippen molar-refractivity contribution in [3.63, 3.8) is 0 Å². The van der Waals surface area contributed by atoms with Gasteiger partial charge in [-0.25, -0.2) is 39.1 Å². The van der Waals surface area contributed by atoms with Crippen molar-refractivity contribution in [2.75, 3.05) is 81.9 Å². The number of rotatable bonds is 33. The Labute approximate surface area is 524 Å². The van der Waals surface area contributed by atoms with Crippen LogP contribution in [-0.4, -0.2) is 104 Å². The minimum absolute atomic E-state index is 0. The van der Waals surface area contributed by atoms with E-state index >= 15 is 0 Å². The van der Waals surface area contributed by atoms with Gasteiger partial charge in [-0.1, -0.05) is 263 Å². The summed E-state index contributed by atoms with van der Waals surface area (Å²) in [5.74, 6) is 0.162. The lowest BCUT2D eigenvalue weighted by Gasteiger charge is -2.32. The number of esters is 2. The molecule has 0 fully saturated rings. The molecule has 498 valence electrons. The Morgan fingerprint density at radius 2 is 0.694 bits per heavy atom. The Bertz CT molecular complexity index is 2030. The molecule has 0 aliphatic heterocycles. The third-order valence-corrected chi connectivity index (χ3v) is 13.4. The molecule has 6 unspecified atom stereocenters. The van der Waals surface area contributed by atoms with Gasteiger partial charge in [-0.3, -0.25) is 9.59 Å². The lowest BCUT2D eigenvalue weighted by molar-refractivity contribution is -0.346. The van der Waals surface area contributed by atoms with E-state index in [1.165, 1.54) is 25.3 Å². The van der Waals surface area contributed by atoms with Crippen LogP contribution in [0.4, 0.5) is 0 Å². The van der Waals surface area contributed by atoms with Crippen molar-refractivity contribution in [2.24, 2.45) is 22.7 Å². The van der Waals surface area contributed by atoms with Crippen LogP contribution in [-0.2, 0) is 58.2 Å². The number of hydrogen-bond donors (Lipinski definition) is 0. The molecule has 14 nitrogen and oxygen atoms in total. The minimum atomic E-state index is -0.306. The maximum atomic E-state index is 11.0. The second-order valence-electron chi connectivity index (χ2n) is 21.0. The predicted octanol–water partition coefficient (Wildman–Crippen LogP) is 19.4. The zero-order valence-corrected chi connectivity index (χ0v) is 50.0. The number of hydrogen-bond acceptors (Lipinski definition) is 14. The van der Waals surface area contributed by atoms with Crippen LogP contribution in [0.2, 0.25) is 0 Å². The molecule has 0 spiro atoms. The molecule has 14 heteroatoms. The standard InChI is InChI=1S/C17H29NO2.C16H24O4.C15H25NO2.C15H22O4.8CH4/c1-6-17(2,3)16(15-11-8-7-9-12-15)20-19-14-10-13-18(4)5;1-5-16(2,3)15(13-9-7-6-8-10-13)20-19-12-11-14(17)18-4;1-5-13(2)15(14-9-7-6-8-10-14)18-17-12-11-16(3)4;1-4-12(2)15(13-8-6-5-7-9-13)19-18-11-10-14(16)17-3;;;;;;;;/h7-9,11-12,16H,6,10,13-14H2,1-5H3;6-10,15H,5,11-12H2,1-4H3;6-10,13,15H,5,11-12H2,1-4H3;5-9,12,15H,4,10-11H2,1-3H3;8*1H4.